The van der Waals surface area contributed by atoms with Crippen molar-refractivity contribution < 1.29 is 4.79 Å². The van der Waals surface area contributed by atoms with Gasteiger partial charge in [0.15, 0.2) is 5.13 Å². The summed E-state index contributed by atoms with van der Waals surface area (Å²) >= 11 is 1.57. The first-order valence-electron chi connectivity index (χ1n) is 5.05. The molecule has 76 valence electrons. The lowest BCUT2D eigenvalue weighted by Gasteiger charge is -2.23. The van der Waals surface area contributed by atoms with Gasteiger partial charge in [-0.15, -0.1) is 11.3 Å². The number of carbonyl (C=O) groups is 1. The molecule has 0 atom stereocenters. The van der Waals surface area contributed by atoms with E-state index in [2.05, 4.69) is 17.2 Å². The molecule has 1 aromatic heterocycles. The predicted octanol–water partition coefficient (Wildman–Crippen LogP) is 2.44. The van der Waals surface area contributed by atoms with Crippen molar-refractivity contribution in [1.82, 2.24) is 4.98 Å². The van der Waals surface area contributed by atoms with Crippen LogP contribution in [-0.4, -0.2) is 10.9 Å². The van der Waals surface area contributed by atoms with Crippen molar-refractivity contribution in [1.29, 1.82) is 0 Å². The van der Waals surface area contributed by atoms with E-state index in [0.717, 1.165) is 24.4 Å². The maximum atomic E-state index is 11.5. The van der Waals surface area contributed by atoms with Crippen LogP contribution < -0.4 is 5.32 Å². The maximum absolute atomic E-state index is 11.5. The molecule has 4 heteroatoms. The standard InChI is InChI=1S/C10H14N2OS/c1-2-8-6-11-10(14-8)12-9(13)7-4-3-5-7/h6-7H,2-5H2,1H3,(H,11,12,13). The third-order valence-electron chi connectivity index (χ3n) is 2.61. The molecule has 0 spiro atoms. The minimum Gasteiger partial charge on any atom is -0.302 e. The summed E-state index contributed by atoms with van der Waals surface area (Å²) in [6.07, 6.45) is 6.09. The highest BCUT2D eigenvalue weighted by Crippen LogP contribution is 2.28. The van der Waals surface area contributed by atoms with E-state index in [0.29, 0.717) is 0 Å². The van der Waals surface area contributed by atoms with E-state index in [4.69, 9.17) is 0 Å². The van der Waals surface area contributed by atoms with Crippen molar-refractivity contribution in [3.05, 3.63) is 11.1 Å². The third-order valence-corrected chi connectivity index (χ3v) is 3.67. The first-order chi connectivity index (χ1) is 6.79. The topological polar surface area (TPSA) is 42.0 Å². The highest BCUT2D eigenvalue weighted by molar-refractivity contribution is 7.15. The van der Waals surface area contributed by atoms with Crippen molar-refractivity contribution in [3.63, 3.8) is 0 Å². The molecular weight excluding hydrogens is 196 g/mol. The molecule has 1 N–H and O–H groups in total. The molecular formula is C10H14N2OS. The number of nitrogens with one attached hydrogen (secondary N) is 1. The zero-order chi connectivity index (χ0) is 9.97. The Morgan fingerprint density at radius 1 is 1.71 bits per heavy atom. The van der Waals surface area contributed by atoms with Gasteiger partial charge in [0.2, 0.25) is 5.91 Å². The number of hydrogen-bond donors (Lipinski definition) is 1. The molecule has 1 saturated carbocycles. The summed E-state index contributed by atoms with van der Waals surface area (Å²) in [5, 5.41) is 3.62. The van der Waals surface area contributed by atoms with E-state index in [1.807, 2.05) is 6.20 Å². The Balaban J connectivity index is 1.92. The average Bonchev–Trinajstić information content (AvgIpc) is 2.48. The Hall–Kier alpha value is -0.900. The van der Waals surface area contributed by atoms with Crippen LogP contribution in [0.4, 0.5) is 5.13 Å². The number of anilines is 1. The second kappa shape index (κ2) is 4.09. The zero-order valence-electron chi connectivity index (χ0n) is 8.25. The van der Waals surface area contributed by atoms with Crippen molar-refractivity contribution in [2.75, 3.05) is 5.32 Å². The quantitative estimate of drug-likeness (QED) is 0.832. The van der Waals surface area contributed by atoms with Crippen LogP contribution in [0.1, 0.15) is 31.1 Å². The molecule has 1 heterocycles. The summed E-state index contributed by atoms with van der Waals surface area (Å²) in [7, 11) is 0. The largest absolute Gasteiger partial charge is 0.302 e. The van der Waals surface area contributed by atoms with Gasteiger partial charge in [0, 0.05) is 17.0 Å². The second-order valence-corrected chi connectivity index (χ2v) is 4.72. The zero-order valence-corrected chi connectivity index (χ0v) is 9.06. The fraction of sp³-hybridized carbons (Fsp3) is 0.600. The molecule has 1 aliphatic carbocycles. The van der Waals surface area contributed by atoms with Crippen LogP contribution in [0.25, 0.3) is 0 Å². The fourth-order valence-electron chi connectivity index (χ4n) is 1.41. The van der Waals surface area contributed by atoms with Crippen molar-refractivity contribution in [3.8, 4) is 0 Å². The first kappa shape index (κ1) is 9.65. The van der Waals surface area contributed by atoms with Gasteiger partial charge < -0.3 is 5.32 Å². The first-order valence-corrected chi connectivity index (χ1v) is 5.87. The molecule has 14 heavy (non-hydrogen) atoms. The van der Waals surface area contributed by atoms with Crippen LogP contribution in [0, 0.1) is 5.92 Å². The number of rotatable bonds is 3. The Labute approximate surface area is 87.6 Å². The normalized spacial score (nSPS) is 16.4. The molecule has 0 aliphatic heterocycles. The van der Waals surface area contributed by atoms with Gasteiger partial charge >= 0.3 is 0 Å². The van der Waals surface area contributed by atoms with Gasteiger partial charge in [-0.25, -0.2) is 4.98 Å². The van der Waals surface area contributed by atoms with Gasteiger partial charge in [-0.3, -0.25) is 4.79 Å². The summed E-state index contributed by atoms with van der Waals surface area (Å²) < 4.78 is 0. The molecule has 1 amide bonds. The number of hydrogen-bond acceptors (Lipinski definition) is 3. The van der Waals surface area contributed by atoms with Gasteiger partial charge in [0.05, 0.1) is 0 Å². The number of thiazole rings is 1. The fourth-order valence-corrected chi connectivity index (χ4v) is 2.16. The summed E-state index contributed by atoms with van der Waals surface area (Å²) in [5.41, 5.74) is 0. The van der Waals surface area contributed by atoms with Gasteiger partial charge in [0.1, 0.15) is 0 Å². The molecule has 1 aromatic rings. The number of carbonyl (C=O) groups excluding carboxylic acids is 1. The lowest BCUT2D eigenvalue weighted by molar-refractivity contribution is -0.122. The van der Waals surface area contributed by atoms with Crippen LogP contribution in [0.15, 0.2) is 6.20 Å². The number of aromatic nitrogens is 1. The van der Waals surface area contributed by atoms with Crippen LogP contribution in [0.3, 0.4) is 0 Å². The Kier molecular flexibility index (Phi) is 2.82. The van der Waals surface area contributed by atoms with Gasteiger partial charge in [-0.05, 0) is 19.3 Å². The smallest absolute Gasteiger partial charge is 0.229 e. The molecule has 3 nitrogen and oxygen atoms in total. The van der Waals surface area contributed by atoms with Crippen molar-refractivity contribution in [2.24, 2.45) is 5.92 Å². The van der Waals surface area contributed by atoms with Gasteiger partial charge in [-0.2, -0.15) is 0 Å². The lowest BCUT2D eigenvalue weighted by Crippen LogP contribution is -2.27. The summed E-state index contributed by atoms with van der Waals surface area (Å²) in [6.45, 7) is 2.09. The highest BCUT2D eigenvalue weighted by Gasteiger charge is 2.25. The molecule has 0 radical (unpaired) electrons. The van der Waals surface area contributed by atoms with Crippen LogP contribution in [0.2, 0.25) is 0 Å². The number of amides is 1. The Bertz CT molecular complexity index is 331. The van der Waals surface area contributed by atoms with Crippen LogP contribution in [0.5, 0.6) is 0 Å². The van der Waals surface area contributed by atoms with Gasteiger partial charge in [0.25, 0.3) is 0 Å². The Morgan fingerprint density at radius 3 is 3.00 bits per heavy atom. The predicted molar refractivity (Wildman–Crippen MR) is 57.5 cm³/mol. The van der Waals surface area contributed by atoms with E-state index in [1.54, 1.807) is 11.3 Å². The van der Waals surface area contributed by atoms with E-state index in [-0.39, 0.29) is 11.8 Å². The number of aryl methyl sites for hydroxylation is 1. The highest BCUT2D eigenvalue weighted by atomic mass is 32.1. The lowest BCUT2D eigenvalue weighted by atomic mass is 9.85. The Morgan fingerprint density at radius 2 is 2.50 bits per heavy atom. The molecule has 0 bridgehead atoms. The SMILES string of the molecule is CCc1cnc(NC(=O)C2CCC2)s1. The second-order valence-electron chi connectivity index (χ2n) is 3.60. The minimum atomic E-state index is 0.147. The van der Waals surface area contributed by atoms with Gasteiger partial charge in [-0.1, -0.05) is 13.3 Å². The van der Waals surface area contributed by atoms with E-state index in [1.165, 1.54) is 11.3 Å². The minimum absolute atomic E-state index is 0.147. The van der Waals surface area contributed by atoms with E-state index < -0.39 is 0 Å². The molecule has 1 fully saturated rings. The van der Waals surface area contributed by atoms with Crippen LogP contribution in [-0.2, 0) is 11.2 Å². The van der Waals surface area contributed by atoms with Crippen molar-refractivity contribution in [2.45, 2.75) is 32.6 Å². The summed E-state index contributed by atoms with van der Waals surface area (Å²) in [5.74, 6) is 0.386. The summed E-state index contributed by atoms with van der Waals surface area (Å²) in [4.78, 5) is 16.9. The molecule has 0 aromatic carbocycles. The summed E-state index contributed by atoms with van der Waals surface area (Å²) in [6, 6.07) is 0. The van der Waals surface area contributed by atoms with E-state index >= 15 is 0 Å². The molecule has 2 rings (SSSR count). The maximum Gasteiger partial charge on any atom is 0.229 e. The molecule has 0 unspecified atom stereocenters. The van der Waals surface area contributed by atoms with Crippen molar-refractivity contribution >= 4 is 22.4 Å². The third kappa shape index (κ3) is 1.95. The monoisotopic (exact) mass is 210 g/mol. The van der Waals surface area contributed by atoms with Crippen LogP contribution >= 0.6 is 11.3 Å². The average molecular weight is 210 g/mol. The molecule has 0 saturated heterocycles. The molecule has 1 aliphatic rings. The number of nitrogens with zero attached hydrogens (tertiary/aromatic N) is 1. The van der Waals surface area contributed by atoms with E-state index in [9.17, 15) is 4.79 Å².